The van der Waals surface area contributed by atoms with E-state index in [1.807, 2.05) is 0 Å². The number of nitrogens with zero attached hydrogens (tertiary/aromatic N) is 5. The molecule has 0 atom stereocenters. The molecule has 0 amide bonds. The van der Waals surface area contributed by atoms with E-state index in [1.54, 1.807) is 36.1 Å². The van der Waals surface area contributed by atoms with Gasteiger partial charge in [0.05, 0.1) is 29.6 Å². The third-order valence-electron chi connectivity index (χ3n) is 5.89. The number of aromatic nitrogens is 5. The highest BCUT2D eigenvalue weighted by atomic mass is 32.2. The first-order valence-electron chi connectivity index (χ1n) is 12.1. The largest absolute Gasteiger partial charge is 0.472 e. The predicted molar refractivity (Wildman–Crippen MR) is 143 cm³/mol. The minimum atomic E-state index is -3.96. The number of fused-ring (bicyclic) bond motifs is 2. The van der Waals surface area contributed by atoms with Gasteiger partial charge in [-0.15, -0.1) is 0 Å². The third-order valence-corrected chi connectivity index (χ3v) is 6.44. The molecule has 2 aromatic carbocycles. The van der Waals surface area contributed by atoms with Gasteiger partial charge >= 0.3 is 6.61 Å². The Hall–Kier alpha value is -4.57. The van der Waals surface area contributed by atoms with Crippen molar-refractivity contribution in [1.29, 1.82) is 0 Å². The van der Waals surface area contributed by atoms with Crippen LogP contribution in [0.1, 0.15) is 5.56 Å². The van der Waals surface area contributed by atoms with E-state index >= 15 is 0 Å². The van der Waals surface area contributed by atoms with Crippen molar-refractivity contribution in [1.82, 2.24) is 24.5 Å². The Balaban J connectivity index is 1.79. The number of benzene rings is 2. The zero-order chi connectivity index (χ0) is 30.2. The van der Waals surface area contributed by atoms with Crippen molar-refractivity contribution in [3.8, 4) is 28.4 Å². The second kappa shape index (κ2) is 11.4. The molecule has 0 aliphatic rings. The van der Waals surface area contributed by atoms with Gasteiger partial charge in [0, 0.05) is 30.3 Å². The fourth-order valence-corrected chi connectivity index (χ4v) is 4.55. The van der Waals surface area contributed by atoms with Crippen molar-refractivity contribution in [2.75, 3.05) is 12.9 Å². The minimum Gasteiger partial charge on any atom is -0.472 e. The summed E-state index contributed by atoms with van der Waals surface area (Å²) in [5, 5.41) is 9.45. The maximum Gasteiger partial charge on any atom is 0.387 e. The van der Waals surface area contributed by atoms with E-state index in [1.165, 1.54) is 30.3 Å². The predicted octanol–water partition coefficient (Wildman–Crippen LogP) is 4.06. The van der Waals surface area contributed by atoms with Gasteiger partial charge in [-0.05, 0) is 35.9 Å². The number of rotatable bonds is 10. The molecule has 5 rings (SSSR count). The summed E-state index contributed by atoms with van der Waals surface area (Å²) in [6, 6.07) is 11.2. The van der Waals surface area contributed by atoms with E-state index < -0.39 is 41.9 Å². The van der Waals surface area contributed by atoms with Gasteiger partial charge in [-0.2, -0.15) is 32.1 Å². The quantitative estimate of drug-likeness (QED) is 0.171. The van der Waals surface area contributed by atoms with E-state index in [2.05, 4.69) is 19.9 Å². The lowest BCUT2D eigenvalue weighted by Crippen LogP contribution is -2.24. The van der Waals surface area contributed by atoms with Crippen LogP contribution in [-0.2, 0) is 28.0 Å². The van der Waals surface area contributed by atoms with Gasteiger partial charge in [0.25, 0.3) is 22.1 Å². The SMILES string of the molecule is Cn1cc2cc(-n3nc4c(COS(C)(=O)=O)cc(OCC(F)F)nc4c(-c4ccc(OC(F)F)cc4)c3=O)ccc2n1. The summed E-state index contributed by atoms with van der Waals surface area (Å²) in [4.78, 5) is 18.2. The molecule has 0 saturated carbocycles. The molecule has 0 fully saturated rings. The van der Waals surface area contributed by atoms with Crippen LogP contribution in [0.5, 0.6) is 11.6 Å². The molecule has 3 aromatic heterocycles. The van der Waals surface area contributed by atoms with Crippen LogP contribution in [0.25, 0.3) is 38.8 Å². The van der Waals surface area contributed by atoms with Gasteiger partial charge in [-0.3, -0.25) is 13.7 Å². The first kappa shape index (κ1) is 28.9. The number of alkyl halides is 4. The summed E-state index contributed by atoms with van der Waals surface area (Å²) in [5.41, 5.74) is 0.282. The maximum absolute atomic E-state index is 14.0. The molecule has 16 heteroatoms. The molecule has 0 saturated heterocycles. The Morgan fingerprint density at radius 2 is 1.71 bits per heavy atom. The molecule has 0 aliphatic heterocycles. The van der Waals surface area contributed by atoms with Gasteiger partial charge in [0.2, 0.25) is 5.88 Å². The summed E-state index contributed by atoms with van der Waals surface area (Å²) >= 11 is 0. The lowest BCUT2D eigenvalue weighted by molar-refractivity contribution is -0.0498. The van der Waals surface area contributed by atoms with Crippen LogP contribution in [0.4, 0.5) is 17.6 Å². The van der Waals surface area contributed by atoms with Crippen molar-refractivity contribution in [3.05, 3.63) is 70.6 Å². The Labute approximate surface area is 235 Å². The highest BCUT2D eigenvalue weighted by Gasteiger charge is 2.22. The Bertz CT molecular complexity index is 1950. The van der Waals surface area contributed by atoms with Crippen molar-refractivity contribution >= 4 is 32.1 Å². The third kappa shape index (κ3) is 6.33. The number of hydrogen-bond donors (Lipinski definition) is 0. The summed E-state index contributed by atoms with van der Waals surface area (Å²) in [6.07, 6.45) is -0.299. The molecule has 42 heavy (non-hydrogen) atoms. The maximum atomic E-state index is 14.0. The topological polar surface area (TPSA) is 127 Å². The van der Waals surface area contributed by atoms with E-state index in [4.69, 9.17) is 8.92 Å². The minimum absolute atomic E-state index is 0.00293. The van der Waals surface area contributed by atoms with Gasteiger partial charge in [0.15, 0.2) is 6.61 Å². The first-order valence-corrected chi connectivity index (χ1v) is 13.9. The summed E-state index contributed by atoms with van der Waals surface area (Å²) < 4.78 is 92.0. The van der Waals surface area contributed by atoms with E-state index in [0.29, 0.717) is 16.6 Å². The van der Waals surface area contributed by atoms with Gasteiger partial charge in [-0.25, -0.2) is 13.8 Å². The van der Waals surface area contributed by atoms with Crippen LogP contribution in [-0.4, -0.2) is 58.9 Å². The molecule has 0 bridgehead atoms. The zero-order valence-electron chi connectivity index (χ0n) is 21.9. The molecular formula is C26H21F4N5O6S. The number of ether oxygens (including phenoxy) is 2. The smallest absolute Gasteiger partial charge is 0.387 e. The fraction of sp³-hybridized carbons (Fsp3) is 0.231. The van der Waals surface area contributed by atoms with Gasteiger partial charge in [-0.1, -0.05) is 12.1 Å². The Morgan fingerprint density at radius 3 is 2.38 bits per heavy atom. The number of aryl methyl sites for hydroxylation is 1. The molecular weight excluding hydrogens is 586 g/mol. The molecule has 0 spiro atoms. The highest BCUT2D eigenvalue weighted by molar-refractivity contribution is 7.85. The highest BCUT2D eigenvalue weighted by Crippen LogP contribution is 2.31. The van der Waals surface area contributed by atoms with Crippen molar-refractivity contribution < 1.29 is 39.6 Å². The average molecular weight is 608 g/mol. The standard InChI is InChI=1S/C26H21F4N5O6S/c1-34-11-15-9-17(5-8-19(15)32-34)35-25(36)22(14-3-6-18(7-4-14)41-26(29)30)24-23(33-35)16(12-40-42(2,37)38)10-21(31-24)39-13-20(27)28/h3-11,20,26H,12-13H2,1-2H3. The molecule has 0 radical (unpaired) electrons. The fourth-order valence-electron chi connectivity index (χ4n) is 4.21. The number of hydrogen-bond acceptors (Lipinski definition) is 9. The van der Waals surface area contributed by atoms with Gasteiger partial charge < -0.3 is 9.47 Å². The number of pyridine rings is 1. The molecule has 3 heterocycles. The molecule has 0 unspecified atom stereocenters. The van der Waals surface area contributed by atoms with Crippen molar-refractivity contribution in [2.24, 2.45) is 7.05 Å². The Morgan fingerprint density at radius 1 is 0.976 bits per heavy atom. The van der Waals surface area contributed by atoms with Crippen LogP contribution < -0.4 is 15.0 Å². The summed E-state index contributed by atoms with van der Waals surface area (Å²) in [7, 11) is -2.23. The Kier molecular flexibility index (Phi) is 7.83. The average Bonchev–Trinajstić information content (AvgIpc) is 3.29. The molecule has 11 nitrogen and oxygen atoms in total. The normalized spacial score (nSPS) is 12.1. The number of halogens is 4. The summed E-state index contributed by atoms with van der Waals surface area (Å²) in [6.45, 7) is -4.70. The van der Waals surface area contributed by atoms with Crippen molar-refractivity contribution in [2.45, 2.75) is 19.6 Å². The van der Waals surface area contributed by atoms with Crippen LogP contribution >= 0.6 is 0 Å². The van der Waals surface area contributed by atoms with Crippen LogP contribution in [0.3, 0.4) is 0 Å². The molecule has 0 N–H and O–H groups in total. The van der Waals surface area contributed by atoms with E-state index in [-0.39, 0.29) is 39.4 Å². The van der Waals surface area contributed by atoms with Crippen LogP contribution in [0, 0.1) is 0 Å². The van der Waals surface area contributed by atoms with Crippen LogP contribution in [0.2, 0.25) is 0 Å². The molecule has 0 aliphatic carbocycles. The summed E-state index contributed by atoms with van der Waals surface area (Å²) in [5.74, 6) is -0.518. The first-order chi connectivity index (χ1) is 19.9. The molecule has 5 aromatic rings. The van der Waals surface area contributed by atoms with Crippen molar-refractivity contribution in [3.63, 3.8) is 0 Å². The second-order valence-corrected chi connectivity index (χ2v) is 10.7. The monoisotopic (exact) mass is 607 g/mol. The van der Waals surface area contributed by atoms with Gasteiger partial charge in [0.1, 0.15) is 16.8 Å². The van der Waals surface area contributed by atoms with E-state index in [9.17, 15) is 30.8 Å². The van der Waals surface area contributed by atoms with Crippen LogP contribution in [0.15, 0.2) is 59.5 Å². The van der Waals surface area contributed by atoms with E-state index in [0.717, 1.165) is 10.9 Å². The lowest BCUT2D eigenvalue weighted by Gasteiger charge is -2.15. The lowest BCUT2D eigenvalue weighted by atomic mass is 10.0. The zero-order valence-corrected chi connectivity index (χ0v) is 22.7. The molecule has 220 valence electrons. The second-order valence-electron chi connectivity index (χ2n) is 9.03.